The quantitative estimate of drug-likeness (QED) is 0.869. The lowest BCUT2D eigenvalue weighted by molar-refractivity contribution is -0.133. The highest BCUT2D eigenvalue weighted by Gasteiger charge is 2.26. The Hall–Kier alpha value is -3.01. The fourth-order valence-corrected chi connectivity index (χ4v) is 2.62. The summed E-state index contributed by atoms with van der Waals surface area (Å²) >= 11 is 0. The smallest absolute Gasteiger partial charge is 0.340 e. The third-order valence-electron chi connectivity index (χ3n) is 4.00. The second-order valence-electron chi connectivity index (χ2n) is 5.60. The molecule has 0 saturated heterocycles. The molecule has 2 aromatic carbocycles. The maximum absolute atomic E-state index is 12.2. The van der Waals surface area contributed by atoms with Gasteiger partial charge in [0.05, 0.1) is 7.11 Å². The highest BCUT2D eigenvalue weighted by molar-refractivity contribution is 5.96. The lowest BCUT2D eigenvalue weighted by Crippen LogP contribution is -2.02. The summed E-state index contributed by atoms with van der Waals surface area (Å²) in [6, 6.07) is 14.8. The predicted molar refractivity (Wildman–Crippen MR) is 91.6 cm³/mol. The number of carbonyl (C=O) groups excluding carboxylic acids is 1. The average molecular weight is 322 g/mol. The van der Waals surface area contributed by atoms with Crippen molar-refractivity contribution in [2.24, 2.45) is 0 Å². The van der Waals surface area contributed by atoms with E-state index in [1.54, 1.807) is 24.3 Å². The van der Waals surface area contributed by atoms with E-state index in [9.17, 15) is 9.90 Å². The molecule has 1 heterocycles. The Morgan fingerprint density at radius 1 is 1.17 bits per heavy atom. The second kappa shape index (κ2) is 6.62. The molecule has 0 aliphatic carbocycles. The van der Waals surface area contributed by atoms with Crippen LogP contribution in [-0.4, -0.2) is 18.2 Å². The summed E-state index contributed by atoms with van der Waals surface area (Å²) < 4.78 is 10.5. The van der Waals surface area contributed by atoms with Crippen LogP contribution in [-0.2, 0) is 16.0 Å². The molecule has 0 amide bonds. The van der Waals surface area contributed by atoms with E-state index in [1.165, 1.54) is 7.11 Å². The molecule has 1 N–H and O–H groups in total. The fourth-order valence-electron chi connectivity index (χ4n) is 2.62. The van der Waals surface area contributed by atoms with Crippen molar-refractivity contribution in [3.63, 3.8) is 0 Å². The van der Waals surface area contributed by atoms with Gasteiger partial charge in [0.1, 0.15) is 5.76 Å². The van der Waals surface area contributed by atoms with E-state index in [-0.39, 0.29) is 11.7 Å². The Kier molecular flexibility index (Phi) is 4.38. The first-order valence-electron chi connectivity index (χ1n) is 7.63. The first-order chi connectivity index (χ1) is 11.6. The van der Waals surface area contributed by atoms with Crippen molar-refractivity contribution < 1.29 is 19.4 Å². The van der Waals surface area contributed by atoms with Gasteiger partial charge in [-0.05, 0) is 36.3 Å². The molecule has 1 aliphatic rings. The lowest BCUT2D eigenvalue weighted by Gasteiger charge is -2.05. The summed E-state index contributed by atoms with van der Waals surface area (Å²) in [5.74, 6) is 0.659. The van der Waals surface area contributed by atoms with Gasteiger partial charge in [0, 0.05) is 17.6 Å². The van der Waals surface area contributed by atoms with Crippen LogP contribution in [0, 0.1) is 0 Å². The first kappa shape index (κ1) is 15.9. The number of carbonyl (C=O) groups is 1. The number of methoxy groups -OCH3 is 1. The van der Waals surface area contributed by atoms with E-state index in [0.717, 1.165) is 16.7 Å². The number of ether oxygens (including phenoxy) is 2. The maximum atomic E-state index is 12.2. The number of cyclic esters (lactones) is 1. The summed E-state index contributed by atoms with van der Waals surface area (Å²) in [6.07, 6.45) is 2.31. The number of hydrogen-bond donors (Lipinski definition) is 1. The minimum atomic E-state index is -0.312. The molecule has 4 nitrogen and oxygen atoms in total. The van der Waals surface area contributed by atoms with E-state index in [2.05, 4.69) is 0 Å². The molecule has 0 spiro atoms. The van der Waals surface area contributed by atoms with Crippen molar-refractivity contribution in [3.05, 3.63) is 76.6 Å². The largest absolute Gasteiger partial charge is 0.504 e. The Morgan fingerprint density at radius 2 is 1.92 bits per heavy atom. The van der Waals surface area contributed by atoms with Gasteiger partial charge in [0.25, 0.3) is 0 Å². The van der Waals surface area contributed by atoms with Crippen molar-refractivity contribution >= 4 is 12.0 Å². The molecule has 2 aromatic rings. The number of allylic oxidation sites excluding steroid dienone is 1. The minimum absolute atomic E-state index is 0.0695. The van der Waals surface area contributed by atoms with Gasteiger partial charge in [-0.15, -0.1) is 0 Å². The number of esters is 1. The third kappa shape index (κ3) is 3.18. The molecular weight excluding hydrogens is 304 g/mol. The number of phenols is 1. The number of aromatic hydroxyl groups is 1. The van der Waals surface area contributed by atoms with Crippen LogP contribution < -0.4 is 4.74 Å². The van der Waals surface area contributed by atoms with Gasteiger partial charge in [0.15, 0.2) is 11.5 Å². The van der Waals surface area contributed by atoms with Crippen molar-refractivity contribution in [1.29, 1.82) is 0 Å². The van der Waals surface area contributed by atoms with Gasteiger partial charge in [0.2, 0.25) is 0 Å². The van der Waals surface area contributed by atoms with Crippen LogP contribution >= 0.6 is 0 Å². The van der Waals surface area contributed by atoms with E-state index in [1.807, 2.05) is 37.3 Å². The summed E-state index contributed by atoms with van der Waals surface area (Å²) in [5, 5.41) is 9.66. The molecule has 0 fully saturated rings. The van der Waals surface area contributed by atoms with Gasteiger partial charge in [-0.1, -0.05) is 36.4 Å². The van der Waals surface area contributed by atoms with Gasteiger partial charge in [-0.2, -0.15) is 0 Å². The van der Waals surface area contributed by atoms with Crippen molar-refractivity contribution in [2.45, 2.75) is 13.3 Å². The summed E-state index contributed by atoms with van der Waals surface area (Å²) in [6.45, 7) is 1.88. The van der Waals surface area contributed by atoms with E-state index < -0.39 is 0 Å². The SMILES string of the molecule is COc1cc(C=C2OC(=O)C(Cc3ccccc3)=C2C)ccc1O. The van der Waals surface area contributed by atoms with Gasteiger partial charge < -0.3 is 14.6 Å². The molecule has 4 heteroatoms. The topological polar surface area (TPSA) is 55.8 Å². The van der Waals surface area contributed by atoms with E-state index in [4.69, 9.17) is 9.47 Å². The summed E-state index contributed by atoms with van der Waals surface area (Å²) in [7, 11) is 1.49. The highest BCUT2D eigenvalue weighted by Crippen LogP contribution is 2.32. The van der Waals surface area contributed by atoms with Gasteiger partial charge in [-0.25, -0.2) is 4.79 Å². The van der Waals surface area contributed by atoms with Gasteiger partial charge in [-0.3, -0.25) is 0 Å². The third-order valence-corrected chi connectivity index (χ3v) is 4.00. The van der Waals surface area contributed by atoms with Crippen LogP contribution in [0.25, 0.3) is 6.08 Å². The highest BCUT2D eigenvalue weighted by atomic mass is 16.5. The standard InChI is InChI=1S/C20H18O4/c1-13-16(10-14-6-4-3-5-7-14)20(22)24-18(13)11-15-8-9-17(21)19(12-15)23-2/h3-9,11-12,21H,10H2,1-2H3. The molecule has 122 valence electrons. The molecule has 0 bridgehead atoms. The van der Waals surface area contributed by atoms with E-state index >= 15 is 0 Å². The molecule has 0 saturated carbocycles. The van der Waals surface area contributed by atoms with Crippen LogP contribution in [0.15, 0.2) is 65.4 Å². The number of rotatable bonds is 4. The Bertz CT molecular complexity index is 832. The lowest BCUT2D eigenvalue weighted by atomic mass is 10.0. The van der Waals surface area contributed by atoms with Crippen molar-refractivity contribution in [2.75, 3.05) is 7.11 Å². The Labute approximate surface area is 140 Å². The van der Waals surface area contributed by atoms with Crippen molar-refractivity contribution in [1.82, 2.24) is 0 Å². The predicted octanol–water partition coefficient (Wildman–Crippen LogP) is 3.86. The Morgan fingerprint density at radius 3 is 2.62 bits per heavy atom. The second-order valence-corrected chi connectivity index (χ2v) is 5.60. The summed E-state index contributed by atoms with van der Waals surface area (Å²) in [5.41, 5.74) is 3.35. The van der Waals surface area contributed by atoms with Crippen LogP contribution in [0.4, 0.5) is 0 Å². The first-order valence-corrected chi connectivity index (χ1v) is 7.63. The number of hydrogen-bond acceptors (Lipinski definition) is 4. The van der Waals surface area contributed by atoms with Crippen LogP contribution in [0.5, 0.6) is 11.5 Å². The summed E-state index contributed by atoms with van der Waals surface area (Å²) in [4.78, 5) is 12.2. The zero-order chi connectivity index (χ0) is 17.1. The molecule has 0 radical (unpaired) electrons. The Balaban J connectivity index is 1.91. The van der Waals surface area contributed by atoms with Crippen LogP contribution in [0.2, 0.25) is 0 Å². The van der Waals surface area contributed by atoms with Crippen LogP contribution in [0.1, 0.15) is 18.1 Å². The number of benzene rings is 2. The average Bonchev–Trinajstić information content (AvgIpc) is 2.85. The zero-order valence-corrected chi connectivity index (χ0v) is 13.6. The molecule has 3 rings (SSSR count). The molecule has 0 unspecified atom stereocenters. The van der Waals surface area contributed by atoms with Crippen molar-refractivity contribution in [3.8, 4) is 11.5 Å². The zero-order valence-electron chi connectivity index (χ0n) is 13.6. The van der Waals surface area contributed by atoms with Gasteiger partial charge >= 0.3 is 5.97 Å². The van der Waals surface area contributed by atoms with E-state index in [0.29, 0.717) is 23.5 Å². The fraction of sp³-hybridized carbons (Fsp3) is 0.150. The molecule has 24 heavy (non-hydrogen) atoms. The maximum Gasteiger partial charge on any atom is 0.340 e. The monoisotopic (exact) mass is 322 g/mol. The molecular formula is C20H18O4. The van der Waals surface area contributed by atoms with Crippen LogP contribution in [0.3, 0.4) is 0 Å². The molecule has 0 aromatic heterocycles. The molecule has 1 aliphatic heterocycles. The minimum Gasteiger partial charge on any atom is -0.504 e. The molecule has 0 atom stereocenters. The normalized spacial score (nSPS) is 15.8. The number of phenolic OH excluding ortho intramolecular Hbond substituents is 1.